The van der Waals surface area contributed by atoms with Crippen LogP contribution in [0.2, 0.25) is 0 Å². The summed E-state index contributed by atoms with van der Waals surface area (Å²) in [5.41, 5.74) is 9.32. The van der Waals surface area contributed by atoms with E-state index in [4.69, 9.17) is 16.2 Å². The van der Waals surface area contributed by atoms with Crippen molar-refractivity contribution in [3.05, 3.63) is 0 Å². The average molecular weight is 285 g/mol. The molecule has 2 unspecified atom stereocenters. The van der Waals surface area contributed by atoms with Crippen LogP contribution in [-0.2, 0) is 14.3 Å². The molecule has 6 heteroatoms. The van der Waals surface area contributed by atoms with Crippen molar-refractivity contribution in [1.82, 2.24) is 5.32 Å². The second kappa shape index (κ2) is 5.33. The Kier molecular flexibility index (Phi) is 4.51. The molecule has 5 N–H and O–H groups in total. The van der Waals surface area contributed by atoms with Crippen molar-refractivity contribution in [1.29, 1.82) is 0 Å². The average Bonchev–Trinajstić information content (AvgIpc) is 2.25. The van der Waals surface area contributed by atoms with E-state index in [1.807, 2.05) is 20.8 Å². The Labute approximate surface area is 120 Å². The van der Waals surface area contributed by atoms with Crippen LogP contribution in [0.25, 0.3) is 0 Å². The lowest BCUT2D eigenvalue weighted by Crippen LogP contribution is -2.77. The van der Waals surface area contributed by atoms with Crippen molar-refractivity contribution in [2.75, 3.05) is 6.61 Å². The number of carbonyl (C=O) groups excluding carboxylic acids is 2. The van der Waals surface area contributed by atoms with Crippen LogP contribution in [0.15, 0.2) is 0 Å². The normalized spacial score (nSPS) is 28.6. The van der Waals surface area contributed by atoms with E-state index in [-0.39, 0.29) is 18.4 Å². The quantitative estimate of drug-likeness (QED) is 0.652. The molecular formula is C14H27N3O3. The first kappa shape index (κ1) is 16.9. The molecule has 0 spiro atoms. The third kappa shape index (κ3) is 2.96. The highest BCUT2D eigenvalue weighted by atomic mass is 16.5. The molecule has 6 nitrogen and oxygen atoms in total. The second-order valence-electron chi connectivity index (χ2n) is 6.82. The van der Waals surface area contributed by atoms with Crippen LogP contribution in [0.4, 0.5) is 0 Å². The van der Waals surface area contributed by atoms with Crippen LogP contribution in [0.3, 0.4) is 0 Å². The summed E-state index contributed by atoms with van der Waals surface area (Å²) in [6.45, 7) is 9.88. The van der Waals surface area contributed by atoms with Gasteiger partial charge in [0.2, 0.25) is 11.8 Å². The highest BCUT2D eigenvalue weighted by Gasteiger charge is 2.63. The van der Waals surface area contributed by atoms with Gasteiger partial charge < -0.3 is 21.5 Å². The molecule has 0 aromatic carbocycles. The summed E-state index contributed by atoms with van der Waals surface area (Å²) in [6, 6.07) is 0. The minimum absolute atomic E-state index is 0.0255. The molecule has 0 radical (unpaired) electrons. The van der Waals surface area contributed by atoms with E-state index in [0.717, 1.165) is 0 Å². The largest absolute Gasteiger partial charge is 0.378 e. The Hall–Kier alpha value is -1.14. The number of nitrogens with one attached hydrogen (secondary N) is 1. The van der Waals surface area contributed by atoms with Gasteiger partial charge >= 0.3 is 0 Å². The molecule has 1 saturated carbocycles. The molecule has 1 fully saturated rings. The van der Waals surface area contributed by atoms with Gasteiger partial charge in [0, 0.05) is 30.4 Å². The van der Waals surface area contributed by atoms with Crippen LogP contribution in [0, 0.1) is 5.41 Å². The van der Waals surface area contributed by atoms with Gasteiger partial charge in [-0.15, -0.1) is 0 Å². The third-order valence-electron chi connectivity index (χ3n) is 4.30. The summed E-state index contributed by atoms with van der Waals surface area (Å²) in [5.74, 6) is -0.717. The van der Waals surface area contributed by atoms with Gasteiger partial charge in [-0.05, 0) is 20.8 Å². The molecule has 0 heterocycles. The van der Waals surface area contributed by atoms with Gasteiger partial charge in [0.15, 0.2) is 0 Å². The van der Waals surface area contributed by atoms with E-state index in [2.05, 4.69) is 5.32 Å². The predicted octanol–water partition coefficient (Wildman–Crippen LogP) is 0.289. The number of amides is 2. The first-order valence-corrected chi connectivity index (χ1v) is 6.97. The van der Waals surface area contributed by atoms with E-state index in [0.29, 0.717) is 13.0 Å². The van der Waals surface area contributed by atoms with Crippen molar-refractivity contribution in [2.24, 2.45) is 16.9 Å². The van der Waals surface area contributed by atoms with Crippen molar-refractivity contribution in [3.8, 4) is 0 Å². The first-order valence-electron chi connectivity index (χ1n) is 6.97. The van der Waals surface area contributed by atoms with Crippen LogP contribution in [0.5, 0.6) is 0 Å². The lowest BCUT2D eigenvalue weighted by Gasteiger charge is -2.58. The Balaban J connectivity index is 2.76. The highest BCUT2D eigenvalue weighted by Crippen LogP contribution is 2.50. The van der Waals surface area contributed by atoms with E-state index < -0.39 is 22.4 Å². The maximum atomic E-state index is 12.5. The number of hydrogen-bond acceptors (Lipinski definition) is 4. The molecular weight excluding hydrogens is 258 g/mol. The fourth-order valence-corrected chi connectivity index (χ4v) is 2.72. The van der Waals surface area contributed by atoms with E-state index in [1.165, 1.54) is 0 Å². The molecule has 20 heavy (non-hydrogen) atoms. The summed E-state index contributed by atoms with van der Waals surface area (Å²) < 4.78 is 5.60. The van der Waals surface area contributed by atoms with Crippen molar-refractivity contribution < 1.29 is 14.3 Å². The highest BCUT2D eigenvalue weighted by molar-refractivity contribution is 5.90. The third-order valence-corrected chi connectivity index (χ3v) is 4.30. The molecule has 1 rings (SSSR count). The molecule has 1 aliphatic rings. The zero-order valence-electron chi connectivity index (χ0n) is 13.1. The minimum atomic E-state index is -0.984. The van der Waals surface area contributed by atoms with Gasteiger partial charge in [-0.25, -0.2) is 0 Å². The van der Waals surface area contributed by atoms with Gasteiger partial charge in [0.1, 0.15) is 5.54 Å². The van der Waals surface area contributed by atoms with Crippen LogP contribution in [-0.4, -0.2) is 35.6 Å². The Morgan fingerprint density at radius 3 is 2.35 bits per heavy atom. The zero-order valence-corrected chi connectivity index (χ0v) is 13.1. The van der Waals surface area contributed by atoms with Crippen molar-refractivity contribution >= 4 is 11.8 Å². The summed E-state index contributed by atoms with van der Waals surface area (Å²) >= 11 is 0. The van der Waals surface area contributed by atoms with Gasteiger partial charge in [-0.3, -0.25) is 9.59 Å². The molecule has 116 valence electrons. The fraction of sp³-hybridized carbons (Fsp3) is 0.857. The summed E-state index contributed by atoms with van der Waals surface area (Å²) in [5, 5.41) is 2.83. The molecule has 1 aliphatic carbocycles. The number of primary amides is 1. The maximum Gasteiger partial charge on any atom is 0.241 e. The first-order chi connectivity index (χ1) is 8.96. The Bertz CT molecular complexity index is 406. The summed E-state index contributed by atoms with van der Waals surface area (Å²) in [7, 11) is 0. The van der Waals surface area contributed by atoms with E-state index in [9.17, 15) is 9.59 Å². The fourth-order valence-electron chi connectivity index (χ4n) is 2.72. The Morgan fingerprint density at radius 1 is 1.40 bits per heavy atom. The number of carbonyl (C=O) groups is 2. The van der Waals surface area contributed by atoms with Gasteiger partial charge in [0.05, 0.1) is 6.10 Å². The molecule has 0 aromatic rings. The number of rotatable bonds is 6. The number of nitrogens with two attached hydrogens (primary N) is 2. The summed E-state index contributed by atoms with van der Waals surface area (Å²) in [4.78, 5) is 23.5. The smallest absolute Gasteiger partial charge is 0.241 e. The predicted molar refractivity (Wildman–Crippen MR) is 76.8 cm³/mol. The van der Waals surface area contributed by atoms with Gasteiger partial charge in [-0.2, -0.15) is 0 Å². The van der Waals surface area contributed by atoms with Crippen molar-refractivity contribution in [3.63, 3.8) is 0 Å². The SMILES string of the molecule is CCOC1CC(N)(C(=O)NC(C)(C)CC(N)=O)C1(C)C. The van der Waals surface area contributed by atoms with Gasteiger partial charge in [-0.1, -0.05) is 13.8 Å². The maximum absolute atomic E-state index is 12.5. The molecule has 2 atom stereocenters. The summed E-state index contributed by atoms with van der Waals surface area (Å²) in [6.07, 6.45) is 0.527. The monoisotopic (exact) mass is 285 g/mol. The molecule has 0 aromatic heterocycles. The standard InChI is InChI=1S/C14H27N3O3/c1-6-20-9-7-14(16,13(9,4)5)11(19)17-12(2,3)8-10(15)18/h9H,6-8,16H2,1-5H3,(H2,15,18)(H,17,19). The second-order valence-corrected chi connectivity index (χ2v) is 6.82. The van der Waals surface area contributed by atoms with Gasteiger partial charge in [0.25, 0.3) is 0 Å². The Morgan fingerprint density at radius 2 is 1.95 bits per heavy atom. The topological polar surface area (TPSA) is 107 Å². The van der Waals surface area contributed by atoms with Crippen LogP contribution in [0.1, 0.15) is 47.5 Å². The van der Waals surface area contributed by atoms with Crippen LogP contribution >= 0.6 is 0 Å². The lowest BCUT2D eigenvalue weighted by atomic mass is 9.54. The molecule has 0 saturated heterocycles. The van der Waals surface area contributed by atoms with Crippen LogP contribution < -0.4 is 16.8 Å². The minimum Gasteiger partial charge on any atom is -0.378 e. The van der Waals surface area contributed by atoms with E-state index >= 15 is 0 Å². The molecule has 0 bridgehead atoms. The molecule has 2 amide bonds. The lowest BCUT2D eigenvalue weighted by molar-refractivity contribution is -0.172. The molecule has 0 aliphatic heterocycles. The van der Waals surface area contributed by atoms with Crippen molar-refractivity contribution in [2.45, 2.75) is 64.6 Å². The zero-order chi connectivity index (χ0) is 15.8. The number of hydrogen-bond donors (Lipinski definition) is 3. The number of ether oxygens (including phenoxy) is 1. The van der Waals surface area contributed by atoms with E-state index in [1.54, 1.807) is 13.8 Å².